The van der Waals surface area contributed by atoms with Crippen molar-refractivity contribution in [2.45, 2.75) is 0 Å². The Bertz CT molecular complexity index is 19.7. The van der Waals surface area contributed by atoms with E-state index < -0.39 is 0 Å². The summed E-state index contributed by atoms with van der Waals surface area (Å²) in [6, 6.07) is 0. The largest absolute Gasteiger partial charge is 0.106 e. The lowest BCUT2D eigenvalue weighted by Gasteiger charge is -0.813. The first kappa shape index (κ1) is 56.7. The van der Waals surface area contributed by atoms with Gasteiger partial charge in [-0.3, -0.25) is 0 Å². The van der Waals surface area contributed by atoms with Crippen molar-refractivity contribution in [1.82, 2.24) is 0 Å². The molecule has 0 spiro atoms. The smallest absolute Gasteiger partial charge is 0.106 e. The summed E-state index contributed by atoms with van der Waals surface area (Å²) in [6.45, 7) is 42.0. The molecule has 14 heavy (non-hydrogen) atoms. The Kier molecular flexibility index (Phi) is 1420. The van der Waals surface area contributed by atoms with Gasteiger partial charge in [0.05, 0.1) is 0 Å². The van der Waals surface area contributed by atoms with Crippen LogP contribution >= 0.6 is 0 Å². The molecule has 0 aliphatic heterocycles. The van der Waals surface area contributed by atoms with Crippen molar-refractivity contribution in [2.24, 2.45) is 0 Å². The van der Waals surface area contributed by atoms with E-state index in [9.17, 15) is 0 Å². The van der Waals surface area contributed by atoms with Crippen molar-refractivity contribution in [1.29, 1.82) is 0 Å². The Morgan fingerprint density at radius 1 is 0.143 bits per heavy atom. The van der Waals surface area contributed by atoms with Crippen molar-refractivity contribution in [3.05, 3.63) is 92.1 Å². The first-order chi connectivity index (χ1) is 7.00. The van der Waals surface area contributed by atoms with E-state index in [1.807, 2.05) is 0 Å². The van der Waals surface area contributed by atoms with Crippen LogP contribution in [0.1, 0.15) is 0 Å². The number of hydrogen-bond donors (Lipinski definition) is 0. The molecular weight excluding hydrogens is 168 g/mol. The van der Waals surface area contributed by atoms with Gasteiger partial charge in [0.2, 0.25) is 0 Å². The molecular formula is C14H28. The van der Waals surface area contributed by atoms with E-state index in [1.165, 1.54) is 0 Å². The quantitative estimate of drug-likeness (QED) is 0.441. The molecule has 0 atom stereocenters. The molecule has 0 saturated carbocycles. The van der Waals surface area contributed by atoms with E-state index in [-0.39, 0.29) is 0 Å². The van der Waals surface area contributed by atoms with Crippen molar-refractivity contribution in [2.75, 3.05) is 0 Å². The predicted molar refractivity (Wildman–Crippen MR) is 78.8 cm³/mol. The summed E-state index contributed by atoms with van der Waals surface area (Å²) in [4.78, 5) is 0. The SMILES string of the molecule is C=C.C=C.C=C.C=C.C=C.C=C.C=C. The average Bonchev–Trinajstić information content (AvgIpc) is 2.45. The second kappa shape index (κ2) is 350. The van der Waals surface area contributed by atoms with Gasteiger partial charge >= 0.3 is 0 Å². The molecule has 0 fully saturated rings. The van der Waals surface area contributed by atoms with Crippen LogP contribution in [0.15, 0.2) is 92.1 Å². The van der Waals surface area contributed by atoms with E-state index in [4.69, 9.17) is 0 Å². The van der Waals surface area contributed by atoms with Gasteiger partial charge in [0.15, 0.2) is 0 Å². The second-order valence-electron chi connectivity index (χ2n) is 0. The van der Waals surface area contributed by atoms with Crippen LogP contribution in [-0.4, -0.2) is 0 Å². The predicted octanol–water partition coefficient (Wildman–Crippen LogP) is 5.62. The highest BCUT2D eigenvalue weighted by Crippen LogP contribution is 0.874. The Balaban J connectivity index is -0.00000000817. The molecule has 0 unspecified atom stereocenters. The molecule has 0 aromatic rings. The van der Waals surface area contributed by atoms with Crippen LogP contribution in [0.3, 0.4) is 0 Å². The van der Waals surface area contributed by atoms with Gasteiger partial charge in [-0.05, 0) is 0 Å². The third-order valence-corrected chi connectivity index (χ3v) is 0. The maximum Gasteiger partial charge on any atom is -0.106 e. The van der Waals surface area contributed by atoms with Crippen LogP contribution in [-0.2, 0) is 0 Å². The van der Waals surface area contributed by atoms with Gasteiger partial charge in [-0.25, -0.2) is 0 Å². The summed E-state index contributed by atoms with van der Waals surface area (Å²) < 4.78 is 0. The molecule has 0 amide bonds. The summed E-state index contributed by atoms with van der Waals surface area (Å²) in [5.74, 6) is 0. The van der Waals surface area contributed by atoms with Crippen LogP contribution in [0.4, 0.5) is 0 Å². The normalized spacial score (nSPS) is 2.00. The topological polar surface area (TPSA) is 0 Å². The summed E-state index contributed by atoms with van der Waals surface area (Å²) >= 11 is 0. The molecule has 0 nitrogen and oxygen atoms in total. The first-order valence-corrected chi connectivity index (χ1v) is 3.50. The van der Waals surface area contributed by atoms with Crippen LogP contribution in [0, 0.1) is 0 Å². The maximum absolute atomic E-state index is 3.00. The van der Waals surface area contributed by atoms with Crippen LogP contribution in [0.2, 0.25) is 0 Å². The minimum Gasteiger partial charge on any atom is -0.106 e. The van der Waals surface area contributed by atoms with Crippen molar-refractivity contribution in [3.63, 3.8) is 0 Å². The molecule has 0 N–H and O–H groups in total. The van der Waals surface area contributed by atoms with Crippen LogP contribution in [0.25, 0.3) is 0 Å². The fraction of sp³-hybridized carbons (Fsp3) is 0. The Morgan fingerprint density at radius 2 is 0.143 bits per heavy atom. The van der Waals surface area contributed by atoms with E-state index in [0.717, 1.165) is 0 Å². The summed E-state index contributed by atoms with van der Waals surface area (Å²) in [5, 5.41) is 0. The van der Waals surface area contributed by atoms with Crippen LogP contribution in [0.5, 0.6) is 0 Å². The number of rotatable bonds is 0. The summed E-state index contributed by atoms with van der Waals surface area (Å²) in [5.41, 5.74) is 0. The van der Waals surface area contributed by atoms with Gasteiger partial charge in [0, 0.05) is 0 Å². The molecule has 0 bridgehead atoms. The van der Waals surface area contributed by atoms with Gasteiger partial charge < -0.3 is 0 Å². The van der Waals surface area contributed by atoms with E-state index >= 15 is 0 Å². The van der Waals surface area contributed by atoms with Gasteiger partial charge in [-0.2, -0.15) is 0 Å². The molecule has 0 heterocycles. The molecule has 0 saturated heterocycles. The fourth-order valence-electron chi connectivity index (χ4n) is 0. The minimum absolute atomic E-state index is 3.00. The van der Waals surface area contributed by atoms with E-state index in [1.54, 1.807) is 0 Å². The molecule has 0 radical (unpaired) electrons. The lowest BCUT2D eigenvalue weighted by atomic mass is 11.3. The highest BCUT2D eigenvalue weighted by Gasteiger charge is 0.613. The third kappa shape index (κ3) is 259. The van der Waals surface area contributed by atoms with E-state index in [2.05, 4.69) is 92.1 Å². The lowest BCUT2D eigenvalue weighted by molar-refractivity contribution is 2.81. The first-order valence-electron chi connectivity index (χ1n) is 3.50. The van der Waals surface area contributed by atoms with Crippen molar-refractivity contribution in [3.8, 4) is 0 Å². The van der Waals surface area contributed by atoms with E-state index in [0.29, 0.717) is 0 Å². The third-order valence-electron chi connectivity index (χ3n) is 0. The second-order valence-corrected chi connectivity index (χ2v) is 0. The molecule has 0 aromatic heterocycles. The monoisotopic (exact) mass is 196 g/mol. The fourth-order valence-corrected chi connectivity index (χ4v) is 0. The van der Waals surface area contributed by atoms with Gasteiger partial charge in [-0.15, -0.1) is 92.1 Å². The zero-order chi connectivity index (χ0) is 14.0. The van der Waals surface area contributed by atoms with Crippen LogP contribution < -0.4 is 0 Å². The molecule has 0 aromatic carbocycles. The Morgan fingerprint density at radius 3 is 0.143 bits per heavy atom. The van der Waals surface area contributed by atoms with Gasteiger partial charge in [-0.1, -0.05) is 0 Å². The maximum atomic E-state index is 3.00. The average molecular weight is 196 g/mol. The minimum atomic E-state index is 3.00. The molecule has 0 aliphatic carbocycles. The summed E-state index contributed by atoms with van der Waals surface area (Å²) in [7, 11) is 0. The van der Waals surface area contributed by atoms with Crippen molar-refractivity contribution >= 4 is 0 Å². The highest BCUT2D eigenvalue weighted by atomic mass is 12.7. The number of hydrogen-bond acceptors (Lipinski definition) is 0. The molecule has 0 rings (SSSR count). The zero-order valence-electron chi connectivity index (χ0n) is 9.90. The zero-order valence-corrected chi connectivity index (χ0v) is 9.90. The Labute approximate surface area is 92.7 Å². The van der Waals surface area contributed by atoms with Gasteiger partial charge in [0.1, 0.15) is 0 Å². The molecule has 0 aliphatic rings. The molecule has 84 valence electrons. The summed E-state index contributed by atoms with van der Waals surface area (Å²) in [6.07, 6.45) is 0. The standard InChI is InChI=1S/7C2H4/c7*1-2/h7*1-2H2. The van der Waals surface area contributed by atoms with Crippen molar-refractivity contribution < 1.29 is 0 Å². The Hall–Kier alpha value is -1.82. The highest BCUT2D eigenvalue weighted by molar-refractivity contribution is 4.23. The molecule has 0 heteroatoms. The van der Waals surface area contributed by atoms with Gasteiger partial charge in [0.25, 0.3) is 0 Å². The lowest BCUT2D eigenvalue weighted by Crippen LogP contribution is -0.552.